The van der Waals surface area contributed by atoms with Crippen molar-refractivity contribution in [2.45, 2.75) is 19.1 Å². The second-order valence-electron chi connectivity index (χ2n) is 7.94. The van der Waals surface area contributed by atoms with Crippen LogP contribution in [0.1, 0.15) is 11.3 Å². The molecular weight excluding hydrogens is 480 g/mol. The third-order valence-electron chi connectivity index (χ3n) is 5.12. The number of H-pyrrole nitrogens is 1. The van der Waals surface area contributed by atoms with Gasteiger partial charge in [0, 0.05) is 22.6 Å². The van der Waals surface area contributed by atoms with E-state index in [4.69, 9.17) is 21.1 Å². The largest absolute Gasteiger partial charge is 0.457 e. The van der Waals surface area contributed by atoms with E-state index < -0.39 is 11.9 Å². The minimum atomic E-state index is -0.894. The number of carbonyl (C=O) groups is 2. The van der Waals surface area contributed by atoms with Gasteiger partial charge in [0.2, 0.25) is 11.8 Å². The van der Waals surface area contributed by atoms with Crippen LogP contribution in [0.4, 0.5) is 5.69 Å². The molecule has 0 spiro atoms. The summed E-state index contributed by atoms with van der Waals surface area (Å²) >= 11 is 5.90. The molecule has 0 fully saturated rings. The van der Waals surface area contributed by atoms with Crippen LogP contribution in [0.5, 0.6) is 11.5 Å². The Bertz CT molecular complexity index is 1250. The Balaban J connectivity index is 1.36. The highest BCUT2D eigenvalue weighted by atomic mass is 35.5. The maximum atomic E-state index is 13.0. The predicted octanol–water partition coefficient (Wildman–Crippen LogP) is 4.74. The molecule has 9 heteroatoms. The van der Waals surface area contributed by atoms with Crippen molar-refractivity contribution in [3.63, 3.8) is 0 Å². The highest BCUT2D eigenvalue weighted by Crippen LogP contribution is 2.24. The van der Waals surface area contributed by atoms with Gasteiger partial charge >= 0.3 is 0 Å². The molecule has 0 aliphatic carbocycles. The smallest absolute Gasteiger partial charge is 0.249 e. The normalized spacial score (nSPS) is 11.5. The Morgan fingerprint density at radius 3 is 2.31 bits per heavy atom. The summed E-state index contributed by atoms with van der Waals surface area (Å²) in [6.07, 6.45) is 3.13. The van der Waals surface area contributed by atoms with Crippen molar-refractivity contribution >= 4 is 29.1 Å². The molecule has 8 nitrogen and oxygen atoms in total. The molecule has 4 rings (SSSR count). The van der Waals surface area contributed by atoms with Crippen LogP contribution in [0.25, 0.3) is 0 Å². The zero-order valence-corrected chi connectivity index (χ0v) is 20.1. The van der Waals surface area contributed by atoms with E-state index in [1.807, 2.05) is 30.3 Å². The molecule has 1 atom stereocenters. The number of hydrogen-bond donors (Lipinski definition) is 3. The number of benzene rings is 3. The van der Waals surface area contributed by atoms with Crippen molar-refractivity contribution in [2.75, 3.05) is 11.9 Å². The van der Waals surface area contributed by atoms with Crippen molar-refractivity contribution in [1.29, 1.82) is 0 Å². The van der Waals surface area contributed by atoms with E-state index in [1.165, 1.54) is 6.33 Å². The maximum absolute atomic E-state index is 13.0. The summed E-state index contributed by atoms with van der Waals surface area (Å²) in [7, 11) is 0. The fraction of sp³-hybridized carbons (Fsp3) is 0.148. The number of anilines is 1. The van der Waals surface area contributed by atoms with Crippen LogP contribution in [0.2, 0.25) is 5.02 Å². The monoisotopic (exact) mass is 504 g/mol. The molecule has 0 bridgehead atoms. The third-order valence-corrected chi connectivity index (χ3v) is 5.38. The van der Waals surface area contributed by atoms with E-state index in [0.717, 1.165) is 5.56 Å². The quantitative estimate of drug-likeness (QED) is 0.273. The number of aromatic nitrogens is 2. The molecule has 184 valence electrons. The number of aromatic amines is 1. The van der Waals surface area contributed by atoms with E-state index in [9.17, 15) is 9.59 Å². The Morgan fingerprint density at radius 1 is 0.944 bits per heavy atom. The molecule has 0 radical (unpaired) electrons. The van der Waals surface area contributed by atoms with Gasteiger partial charge in [0.05, 0.1) is 26.0 Å². The number of hydrogen-bond acceptors (Lipinski definition) is 5. The lowest BCUT2D eigenvalue weighted by Crippen LogP contribution is -2.47. The Kier molecular flexibility index (Phi) is 8.69. The number of nitrogens with zero attached hydrogens (tertiary/aromatic N) is 1. The first-order valence-corrected chi connectivity index (χ1v) is 11.7. The number of ether oxygens (including phenoxy) is 2. The van der Waals surface area contributed by atoms with Gasteiger partial charge in [-0.1, -0.05) is 41.9 Å². The number of imidazole rings is 1. The van der Waals surface area contributed by atoms with Gasteiger partial charge in [-0.05, 0) is 54.1 Å². The molecule has 4 aromatic rings. The molecule has 3 N–H and O–H groups in total. The average Bonchev–Trinajstić information content (AvgIpc) is 3.39. The molecule has 0 aliphatic heterocycles. The Hall–Kier alpha value is -4.14. The van der Waals surface area contributed by atoms with Gasteiger partial charge in [-0.15, -0.1) is 0 Å². The number of nitrogens with one attached hydrogen (secondary N) is 3. The van der Waals surface area contributed by atoms with Crippen molar-refractivity contribution in [3.05, 3.63) is 108 Å². The summed E-state index contributed by atoms with van der Waals surface area (Å²) < 4.78 is 11.5. The van der Waals surface area contributed by atoms with Crippen LogP contribution in [0.3, 0.4) is 0 Å². The standard InChI is InChI=1S/C27H25ClN4O4/c28-20-6-10-23(11-7-20)36-24-12-8-21(9-13-24)31-27(34)25(17-35-16-19-4-2-1-3-5-19)32-26(33)14-22-15-29-18-30-22/h1-13,15,18,25H,14,16-17H2,(H,29,30)(H,31,34)(H,32,33). The zero-order valence-electron chi connectivity index (χ0n) is 19.3. The van der Waals surface area contributed by atoms with Crippen LogP contribution < -0.4 is 15.4 Å². The molecular formula is C27H25ClN4O4. The second-order valence-corrected chi connectivity index (χ2v) is 8.38. The van der Waals surface area contributed by atoms with E-state index in [-0.39, 0.29) is 18.9 Å². The lowest BCUT2D eigenvalue weighted by Gasteiger charge is -2.19. The zero-order chi connectivity index (χ0) is 25.2. The lowest BCUT2D eigenvalue weighted by molar-refractivity contribution is -0.127. The Morgan fingerprint density at radius 2 is 1.64 bits per heavy atom. The molecule has 0 aliphatic rings. The molecule has 1 heterocycles. The fourth-order valence-electron chi connectivity index (χ4n) is 3.33. The van der Waals surface area contributed by atoms with Gasteiger partial charge in [-0.3, -0.25) is 9.59 Å². The summed E-state index contributed by atoms with van der Waals surface area (Å²) in [6.45, 7) is 0.324. The molecule has 1 unspecified atom stereocenters. The molecule has 36 heavy (non-hydrogen) atoms. The first-order valence-electron chi connectivity index (χ1n) is 11.3. The molecule has 3 aromatic carbocycles. The van der Waals surface area contributed by atoms with Crippen LogP contribution in [0.15, 0.2) is 91.4 Å². The van der Waals surface area contributed by atoms with Crippen molar-refractivity contribution in [1.82, 2.24) is 15.3 Å². The second kappa shape index (κ2) is 12.5. The highest BCUT2D eigenvalue weighted by Gasteiger charge is 2.22. The molecule has 0 saturated carbocycles. The SMILES string of the molecule is O=C(Cc1cnc[nH]1)NC(COCc1ccccc1)C(=O)Nc1ccc(Oc2ccc(Cl)cc2)cc1. The topological polar surface area (TPSA) is 105 Å². The fourth-order valence-corrected chi connectivity index (χ4v) is 3.45. The summed E-state index contributed by atoms with van der Waals surface area (Å²) in [4.78, 5) is 32.4. The van der Waals surface area contributed by atoms with E-state index >= 15 is 0 Å². The minimum absolute atomic E-state index is 0.00715. The first-order chi connectivity index (χ1) is 17.5. The highest BCUT2D eigenvalue weighted by molar-refractivity contribution is 6.30. The van der Waals surface area contributed by atoms with Gasteiger partial charge in [0.1, 0.15) is 17.5 Å². The summed E-state index contributed by atoms with van der Waals surface area (Å²) in [5, 5.41) is 6.20. The molecule has 1 aromatic heterocycles. The van der Waals surface area contributed by atoms with Gasteiger partial charge in [0.15, 0.2) is 0 Å². The van der Waals surface area contributed by atoms with E-state index in [0.29, 0.717) is 34.5 Å². The van der Waals surface area contributed by atoms with Crippen molar-refractivity contribution < 1.29 is 19.1 Å². The molecule has 2 amide bonds. The number of halogens is 1. The summed E-state index contributed by atoms with van der Waals surface area (Å²) in [5.41, 5.74) is 2.17. The first kappa shape index (κ1) is 25.0. The van der Waals surface area contributed by atoms with Crippen molar-refractivity contribution in [3.8, 4) is 11.5 Å². The van der Waals surface area contributed by atoms with Crippen LogP contribution >= 0.6 is 11.6 Å². The van der Waals surface area contributed by atoms with Crippen molar-refractivity contribution in [2.24, 2.45) is 0 Å². The lowest BCUT2D eigenvalue weighted by atomic mass is 10.2. The summed E-state index contributed by atoms with van der Waals surface area (Å²) in [6, 6.07) is 22.6. The van der Waals surface area contributed by atoms with E-state index in [2.05, 4.69) is 20.6 Å². The third kappa shape index (κ3) is 7.69. The number of carbonyl (C=O) groups excluding carboxylic acids is 2. The van der Waals surface area contributed by atoms with Gasteiger partial charge < -0.3 is 25.1 Å². The van der Waals surface area contributed by atoms with Gasteiger partial charge in [0.25, 0.3) is 0 Å². The number of amides is 2. The summed E-state index contributed by atoms with van der Waals surface area (Å²) in [5.74, 6) is 0.527. The van der Waals surface area contributed by atoms with E-state index in [1.54, 1.807) is 54.7 Å². The van der Waals surface area contributed by atoms with Crippen LogP contribution in [-0.4, -0.2) is 34.4 Å². The Labute approximate surface area is 213 Å². The average molecular weight is 505 g/mol. The maximum Gasteiger partial charge on any atom is 0.249 e. The van der Waals surface area contributed by atoms with Crippen LogP contribution in [-0.2, 0) is 27.4 Å². The van der Waals surface area contributed by atoms with Crippen LogP contribution in [0, 0.1) is 0 Å². The van der Waals surface area contributed by atoms with Gasteiger partial charge in [-0.2, -0.15) is 0 Å². The number of rotatable bonds is 11. The minimum Gasteiger partial charge on any atom is -0.457 e. The van der Waals surface area contributed by atoms with Gasteiger partial charge in [-0.25, -0.2) is 4.98 Å². The molecule has 0 saturated heterocycles. The predicted molar refractivity (Wildman–Crippen MR) is 137 cm³/mol.